The predicted octanol–water partition coefficient (Wildman–Crippen LogP) is 6.63. The van der Waals surface area contributed by atoms with E-state index in [9.17, 15) is 13.2 Å². The molecule has 2 atom stereocenters. The van der Waals surface area contributed by atoms with E-state index in [2.05, 4.69) is 27.1 Å². The van der Waals surface area contributed by atoms with Crippen LogP contribution in [0.5, 0.6) is 17.2 Å². The molecule has 1 saturated carbocycles. The van der Waals surface area contributed by atoms with E-state index in [4.69, 9.17) is 4.74 Å². The number of rotatable bonds is 9. The van der Waals surface area contributed by atoms with E-state index in [-0.39, 0.29) is 5.75 Å². The minimum absolute atomic E-state index is 0.196. The zero-order chi connectivity index (χ0) is 23.5. The number of fused-ring (bicyclic) bond motifs is 1. The highest BCUT2D eigenvalue weighted by molar-refractivity contribution is 5.33. The van der Waals surface area contributed by atoms with Gasteiger partial charge in [-0.3, -0.25) is 4.90 Å². The number of ether oxygens (including phenoxy) is 2. The first-order valence-corrected chi connectivity index (χ1v) is 11.4. The highest BCUT2D eigenvalue weighted by Crippen LogP contribution is 2.52. The fourth-order valence-electron chi connectivity index (χ4n) is 4.87. The second kappa shape index (κ2) is 9.68. The van der Waals surface area contributed by atoms with Crippen molar-refractivity contribution in [3.8, 4) is 17.2 Å². The third-order valence-electron chi connectivity index (χ3n) is 6.52. The van der Waals surface area contributed by atoms with Gasteiger partial charge in [-0.25, -0.2) is 0 Å². The zero-order valence-electron chi connectivity index (χ0n) is 18.6. The smallest absolute Gasteiger partial charge is 0.573 e. The number of likely N-dealkylation sites (tertiary alicyclic amines) is 1. The lowest BCUT2D eigenvalue weighted by Gasteiger charge is -2.24. The molecule has 3 aromatic carbocycles. The van der Waals surface area contributed by atoms with Crippen LogP contribution in [0.1, 0.15) is 11.1 Å². The van der Waals surface area contributed by atoms with Crippen LogP contribution in [0.4, 0.5) is 13.2 Å². The van der Waals surface area contributed by atoms with Crippen molar-refractivity contribution in [3.05, 3.63) is 95.3 Å². The maximum absolute atomic E-state index is 12.4. The monoisotopic (exact) mass is 467 g/mol. The number of alkyl halides is 3. The van der Waals surface area contributed by atoms with Crippen LogP contribution in [0.25, 0.3) is 5.32 Å². The summed E-state index contributed by atoms with van der Waals surface area (Å²) in [6, 6.07) is 24.0. The summed E-state index contributed by atoms with van der Waals surface area (Å²) in [6.45, 7) is 4.24. The number of hydrogen-bond donors (Lipinski definition) is 0. The van der Waals surface area contributed by atoms with Crippen molar-refractivity contribution in [2.45, 2.75) is 19.5 Å². The van der Waals surface area contributed by atoms with Gasteiger partial charge in [-0.15, -0.1) is 26.3 Å². The Morgan fingerprint density at radius 3 is 2.18 bits per heavy atom. The molecule has 1 aliphatic carbocycles. The number of hydrogen-bond acceptors (Lipinski definition) is 3. The van der Waals surface area contributed by atoms with Gasteiger partial charge in [0.05, 0.1) is 0 Å². The van der Waals surface area contributed by atoms with Gasteiger partial charge >= 0.3 is 6.36 Å². The van der Waals surface area contributed by atoms with Crippen molar-refractivity contribution in [2.24, 2.45) is 17.8 Å². The Balaban J connectivity index is 1.03. The van der Waals surface area contributed by atoms with E-state index in [1.54, 1.807) is 12.1 Å². The summed E-state index contributed by atoms with van der Waals surface area (Å²) in [4.78, 5) is 2.48. The van der Waals surface area contributed by atoms with Crippen LogP contribution in [-0.4, -0.2) is 30.9 Å². The fourth-order valence-corrected chi connectivity index (χ4v) is 4.87. The number of piperidine rings is 1. The molecule has 0 N–H and O–H groups in total. The Morgan fingerprint density at radius 1 is 0.794 bits per heavy atom. The summed E-state index contributed by atoms with van der Waals surface area (Å²) >= 11 is 0. The molecule has 0 amide bonds. The summed E-state index contributed by atoms with van der Waals surface area (Å²) in [7, 11) is 0. The summed E-state index contributed by atoms with van der Waals surface area (Å²) in [5.74, 6) is 3.39. The lowest BCUT2D eigenvalue weighted by molar-refractivity contribution is -0.274. The third-order valence-corrected chi connectivity index (χ3v) is 6.52. The molecule has 2 aliphatic rings. The Hall–Kier alpha value is -3.03. The number of benzene rings is 3. The molecule has 2 unspecified atom stereocenters. The lowest BCUT2D eigenvalue weighted by Crippen LogP contribution is -2.24. The summed E-state index contributed by atoms with van der Waals surface area (Å²) in [5, 5.41) is 4.61. The molecule has 7 heteroatoms. The average molecular weight is 468 g/mol. The van der Waals surface area contributed by atoms with Crippen molar-refractivity contribution < 1.29 is 22.6 Å². The second-order valence-corrected chi connectivity index (χ2v) is 9.00. The van der Waals surface area contributed by atoms with E-state index >= 15 is 0 Å². The van der Waals surface area contributed by atoms with Crippen LogP contribution in [0.15, 0.2) is 78.9 Å². The molecule has 0 aromatic heterocycles. The van der Waals surface area contributed by atoms with Gasteiger partial charge in [0, 0.05) is 19.6 Å². The first kappa shape index (κ1) is 22.7. The van der Waals surface area contributed by atoms with Crippen LogP contribution in [-0.2, 0) is 13.1 Å². The molecule has 34 heavy (non-hydrogen) atoms. The standard InChI is InChI=1S/C27H26F3N2O2/c28-27(29,30)34-23-8-4-5-20(13-23)14-31-15-24-25-17-32(18-26(24)25)16-19-9-11-22(12-10-19)33-21-6-2-1-3-7-21/h1-13,24-26H,14-18H2/q-1. The largest absolute Gasteiger partial charge is 0.658 e. The Labute approximate surface area is 197 Å². The van der Waals surface area contributed by atoms with Crippen LogP contribution in [0, 0.1) is 17.8 Å². The molecule has 1 aliphatic heterocycles. The zero-order valence-corrected chi connectivity index (χ0v) is 18.6. The predicted molar refractivity (Wildman–Crippen MR) is 124 cm³/mol. The third kappa shape index (κ3) is 5.90. The lowest BCUT2D eigenvalue weighted by atomic mass is 10.2. The molecular formula is C27H26F3N2O2-. The summed E-state index contributed by atoms with van der Waals surface area (Å²) in [6.07, 6.45) is -4.68. The number of halogens is 3. The molecule has 1 heterocycles. The van der Waals surface area contributed by atoms with Gasteiger partial charge in [0.2, 0.25) is 0 Å². The van der Waals surface area contributed by atoms with Crippen LogP contribution in [0.2, 0.25) is 0 Å². The number of para-hydroxylation sites is 1. The maximum Gasteiger partial charge on any atom is 0.573 e. The van der Waals surface area contributed by atoms with Crippen molar-refractivity contribution in [1.82, 2.24) is 4.90 Å². The van der Waals surface area contributed by atoms with E-state index in [0.717, 1.165) is 43.2 Å². The molecular weight excluding hydrogens is 441 g/mol. The van der Waals surface area contributed by atoms with Gasteiger partial charge in [0.1, 0.15) is 17.2 Å². The molecule has 3 aromatic rings. The van der Waals surface area contributed by atoms with Crippen LogP contribution < -0.4 is 9.47 Å². The molecule has 2 fully saturated rings. The molecule has 5 rings (SSSR count). The van der Waals surface area contributed by atoms with Crippen molar-refractivity contribution >= 4 is 0 Å². The van der Waals surface area contributed by atoms with Gasteiger partial charge in [-0.1, -0.05) is 53.9 Å². The maximum atomic E-state index is 12.4. The molecule has 0 radical (unpaired) electrons. The van der Waals surface area contributed by atoms with Crippen molar-refractivity contribution in [1.29, 1.82) is 0 Å². The Bertz CT molecular complexity index is 1080. The quantitative estimate of drug-likeness (QED) is 0.354. The van der Waals surface area contributed by atoms with Gasteiger partial charge in [0.15, 0.2) is 0 Å². The topological polar surface area (TPSA) is 35.8 Å². The summed E-state index contributed by atoms with van der Waals surface area (Å²) < 4.78 is 47.0. The van der Waals surface area contributed by atoms with E-state index in [1.807, 2.05) is 42.5 Å². The average Bonchev–Trinajstić information content (AvgIpc) is 3.25. The molecule has 0 spiro atoms. The van der Waals surface area contributed by atoms with Gasteiger partial charge in [0.25, 0.3) is 0 Å². The van der Waals surface area contributed by atoms with E-state index in [1.165, 1.54) is 17.7 Å². The molecule has 4 nitrogen and oxygen atoms in total. The molecule has 0 bridgehead atoms. The minimum atomic E-state index is -4.68. The van der Waals surface area contributed by atoms with Gasteiger partial charge in [-0.05, 0) is 53.8 Å². The normalized spacial score (nSPS) is 21.8. The number of nitrogens with zero attached hydrogens (tertiary/aromatic N) is 2. The van der Waals surface area contributed by atoms with Crippen LogP contribution >= 0.6 is 0 Å². The van der Waals surface area contributed by atoms with Crippen molar-refractivity contribution in [3.63, 3.8) is 0 Å². The van der Waals surface area contributed by atoms with Crippen molar-refractivity contribution in [2.75, 3.05) is 19.6 Å². The van der Waals surface area contributed by atoms with Gasteiger partial charge < -0.3 is 14.8 Å². The van der Waals surface area contributed by atoms with E-state index in [0.29, 0.717) is 24.3 Å². The highest BCUT2D eigenvalue weighted by atomic mass is 19.4. The molecule has 1 saturated heterocycles. The molecule has 178 valence electrons. The fraction of sp³-hybridized carbons (Fsp3) is 0.333. The Morgan fingerprint density at radius 2 is 1.47 bits per heavy atom. The first-order chi connectivity index (χ1) is 16.4. The highest BCUT2D eigenvalue weighted by Gasteiger charge is 2.52. The van der Waals surface area contributed by atoms with Gasteiger partial charge in [-0.2, -0.15) is 0 Å². The second-order valence-electron chi connectivity index (χ2n) is 9.00. The first-order valence-electron chi connectivity index (χ1n) is 11.4. The Kier molecular flexibility index (Phi) is 6.48. The van der Waals surface area contributed by atoms with E-state index < -0.39 is 6.36 Å². The SMILES string of the molecule is FC(F)(F)Oc1cccc(C[N-]CC2C3CN(Cc4ccc(Oc5ccccc5)cc4)CC23)c1. The summed E-state index contributed by atoms with van der Waals surface area (Å²) in [5.41, 5.74) is 2.00. The minimum Gasteiger partial charge on any atom is -0.658 e. The van der Waals surface area contributed by atoms with Crippen LogP contribution in [0.3, 0.4) is 0 Å².